The van der Waals surface area contributed by atoms with Gasteiger partial charge in [-0.2, -0.15) is 17.6 Å². The van der Waals surface area contributed by atoms with E-state index in [2.05, 4.69) is 31.1 Å². The second kappa shape index (κ2) is 6.91. The van der Waals surface area contributed by atoms with Gasteiger partial charge in [0.15, 0.2) is 0 Å². The summed E-state index contributed by atoms with van der Waals surface area (Å²) in [5.41, 5.74) is 4.39. The van der Waals surface area contributed by atoms with Crippen molar-refractivity contribution in [3.63, 3.8) is 0 Å². The lowest BCUT2D eigenvalue weighted by atomic mass is 10.00. The highest BCUT2D eigenvalue weighted by atomic mass is 32.2. The standard InChI is InChI=1S/C23H22N2O2S/c1-16(2)18-10-12-19(13-11-18)23-21-6-4-5-7-22(21)25(24-23)28(26,27)20-14-8-17(3)9-15-20/h4-16H,1-3H3. The fraction of sp³-hybridized carbons (Fsp3) is 0.174. The summed E-state index contributed by atoms with van der Waals surface area (Å²) < 4.78 is 27.6. The lowest BCUT2D eigenvalue weighted by Crippen LogP contribution is -2.14. The molecule has 0 amide bonds. The van der Waals surface area contributed by atoms with Crippen LogP contribution in [0.3, 0.4) is 0 Å². The highest BCUT2D eigenvalue weighted by molar-refractivity contribution is 7.90. The second-order valence-corrected chi connectivity index (χ2v) is 9.07. The van der Waals surface area contributed by atoms with E-state index in [1.54, 1.807) is 30.3 Å². The lowest BCUT2D eigenvalue weighted by Gasteiger charge is -2.06. The third kappa shape index (κ3) is 3.12. The Morgan fingerprint density at radius 2 is 1.50 bits per heavy atom. The number of rotatable bonds is 4. The Kier molecular flexibility index (Phi) is 4.55. The van der Waals surface area contributed by atoms with E-state index in [9.17, 15) is 8.42 Å². The van der Waals surface area contributed by atoms with Gasteiger partial charge in [0.2, 0.25) is 0 Å². The summed E-state index contributed by atoms with van der Waals surface area (Å²) in [5.74, 6) is 0.435. The SMILES string of the molecule is Cc1ccc(S(=O)(=O)n2nc(-c3ccc(C(C)C)cc3)c3ccccc32)cc1. The minimum absolute atomic E-state index is 0.230. The summed E-state index contributed by atoms with van der Waals surface area (Å²) in [7, 11) is -3.79. The van der Waals surface area contributed by atoms with E-state index in [1.807, 2.05) is 37.3 Å². The summed E-state index contributed by atoms with van der Waals surface area (Å²) >= 11 is 0. The first-order valence-electron chi connectivity index (χ1n) is 9.28. The number of aryl methyl sites for hydroxylation is 1. The molecule has 0 radical (unpaired) electrons. The maximum absolute atomic E-state index is 13.2. The number of hydrogen-bond acceptors (Lipinski definition) is 3. The van der Waals surface area contributed by atoms with Gasteiger partial charge in [-0.05, 0) is 36.6 Å². The van der Waals surface area contributed by atoms with Crippen LogP contribution in [0.4, 0.5) is 0 Å². The molecular weight excluding hydrogens is 368 g/mol. The van der Waals surface area contributed by atoms with Crippen molar-refractivity contribution in [1.82, 2.24) is 9.19 Å². The Balaban J connectivity index is 1.91. The zero-order chi connectivity index (χ0) is 19.9. The van der Waals surface area contributed by atoms with Crippen LogP contribution in [0.15, 0.2) is 77.7 Å². The van der Waals surface area contributed by atoms with Crippen molar-refractivity contribution in [2.75, 3.05) is 0 Å². The van der Waals surface area contributed by atoms with Crippen molar-refractivity contribution in [3.05, 3.63) is 83.9 Å². The molecule has 4 rings (SSSR count). The fourth-order valence-corrected chi connectivity index (χ4v) is 4.56. The van der Waals surface area contributed by atoms with Crippen molar-refractivity contribution >= 4 is 20.9 Å². The molecule has 142 valence electrons. The lowest BCUT2D eigenvalue weighted by molar-refractivity contribution is 0.582. The molecule has 0 bridgehead atoms. The van der Waals surface area contributed by atoms with E-state index < -0.39 is 10.0 Å². The molecule has 1 aromatic heterocycles. The average molecular weight is 391 g/mol. The van der Waals surface area contributed by atoms with E-state index >= 15 is 0 Å². The van der Waals surface area contributed by atoms with Crippen molar-refractivity contribution in [3.8, 4) is 11.3 Å². The van der Waals surface area contributed by atoms with Crippen LogP contribution in [0.1, 0.15) is 30.9 Å². The molecular formula is C23H22N2O2S. The molecule has 4 nitrogen and oxygen atoms in total. The Morgan fingerprint density at radius 3 is 2.14 bits per heavy atom. The highest BCUT2D eigenvalue weighted by Gasteiger charge is 2.23. The van der Waals surface area contributed by atoms with Crippen LogP contribution in [0.2, 0.25) is 0 Å². The zero-order valence-electron chi connectivity index (χ0n) is 16.1. The Hall–Kier alpha value is -2.92. The number of aromatic nitrogens is 2. The van der Waals surface area contributed by atoms with Gasteiger partial charge in [-0.1, -0.05) is 74.0 Å². The minimum Gasteiger partial charge on any atom is -0.199 e. The van der Waals surface area contributed by atoms with Gasteiger partial charge in [0.05, 0.1) is 10.4 Å². The molecule has 0 unspecified atom stereocenters. The molecule has 0 aliphatic rings. The van der Waals surface area contributed by atoms with Crippen LogP contribution in [0.25, 0.3) is 22.2 Å². The molecule has 0 fully saturated rings. The van der Waals surface area contributed by atoms with Gasteiger partial charge in [-0.25, -0.2) is 0 Å². The van der Waals surface area contributed by atoms with Crippen molar-refractivity contribution in [1.29, 1.82) is 0 Å². The molecule has 0 aliphatic heterocycles. The van der Waals surface area contributed by atoms with Crippen LogP contribution < -0.4 is 0 Å². The van der Waals surface area contributed by atoms with Crippen molar-refractivity contribution in [2.45, 2.75) is 31.6 Å². The third-order valence-electron chi connectivity index (χ3n) is 4.95. The molecule has 0 saturated heterocycles. The van der Waals surface area contributed by atoms with Crippen LogP contribution in [0, 0.1) is 6.92 Å². The van der Waals surface area contributed by atoms with Gasteiger partial charge in [0.1, 0.15) is 5.69 Å². The van der Waals surface area contributed by atoms with Crippen molar-refractivity contribution in [2.24, 2.45) is 0 Å². The van der Waals surface area contributed by atoms with E-state index in [0.29, 0.717) is 17.1 Å². The number of hydrogen-bond donors (Lipinski definition) is 0. The first-order chi connectivity index (χ1) is 13.4. The largest absolute Gasteiger partial charge is 0.283 e. The summed E-state index contributed by atoms with van der Waals surface area (Å²) in [4.78, 5) is 0.230. The number of benzene rings is 3. The topological polar surface area (TPSA) is 52.0 Å². The van der Waals surface area contributed by atoms with Crippen LogP contribution in [-0.4, -0.2) is 17.6 Å². The van der Waals surface area contributed by atoms with Gasteiger partial charge in [-0.3, -0.25) is 0 Å². The van der Waals surface area contributed by atoms with E-state index in [-0.39, 0.29) is 4.90 Å². The Labute approximate surface area is 165 Å². The monoisotopic (exact) mass is 390 g/mol. The third-order valence-corrected chi connectivity index (χ3v) is 6.55. The summed E-state index contributed by atoms with van der Waals surface area (Å²) in [6, 6.07) is 22.4. The molecule has 0 saturated carbocycles. The molecule has 3 aromatic carbocycles. The van der Waals surface area contributed by atoms with Crippen molar-refractivity contribution < 1.29 is 8.42 Å². The predicted molar refractivity (Wildman–Crippen MR) is 113 cm³/mol. The number of nitrogens with zero attached hydrogens (tertiary/aromatic N) is 2. The molecule has 28 heavy (non-hydrogen) atoms. The van der Waals surface area contributed by atoms with Crippen LogP contribution >= 0.6 is 0 Å². The maximum Gasteiger partial charge on any atom is 0.283 e. The summed E-state index contributed by atoms with van der Waals surface area (Å²) in [6.45, 7) is 6.22. The van der Waals surface area contributed by atoms with E-state index in [1.165, 1.54) is 5.56 Å². The minimum atomic E-state index is -3.79. The summed E-state index contributed by atoms with van der Waals surface area (Å²) in [6.07, 6.45) is 0. The van der Waals surface area contributed by atoms with Crippen LogP contribution in [-0.2, 0) is 10.0 Å². The number of fused-ring (bicyclic) bond motifs is 1. The molecule has 0 atom stereocenters. The quantitative estimate of drug-likeness (QED) is 0.470. The average Bonchev–Trinajstić information content (AvgIpc) is 3.09. The Morgan fingerprint density at radius 1 is 0.857 bits per heavy atom. The summed E-state index contributed by atoms with van der Waals surface area (Å²) in [5, 5.41) is 5.35. The highest BCUT2D eigenvalue weighted by Crippen LogP contribution is 2.31. The maximum atomic E-state index is 13.2. The predicted octanol–water partition coefficient (Wildman–Crippen LogP) is 5.37. The fourth-order valence-electron chi connectivity index (χ4n) is 3.27. The number of para-hydroxylation sites is 1. The van der Waals surface area contributed by atoms with E-state index in [4.69, 9.17) is 0 Å². The molecule has 1 heterocycles. The smallest absolute Gasteiger partial charge is 0.199 e. The van der Waals surface area contributed by atoms with Crippen LogP contribution in [0.5, 0.6) is 0 Å². The first kappa shape index (κ1) is 18.4. The van der Waals surface area contributed by atoms with E-state index in [0.717, 1.165) is 20.6 Å². The molecule has 0 N–H and O–H groups in total. The normalized spacial score (nSPS) is 12.0. The van der Waals surface area contributed by atoms with Gasteiger partial charge in [0.25, 0.3) is 10.0 Å². The van der Waals surface area contributed by atoms with Gasteiger partial charge >= 0.3 is 0 Å². The zero-order valence-corrected chi connectivity index (χ0v) is 16.9. The van der Waals surface area contributed by atoms with Gasteiger partial charge in [-0.15, -0.1) is 0 Å². The van der Waals surface area contributed by atoms with Gasteiger partial charge < -0.3 is 0 Å². The Bertz CT molecular complexity index is 1240. The molecule has 5 heteroatoms. The second-order valence-electron chi connectivity index (χ2n) is 7.30. The molecule has 0 spiro atoms. The van der Waals surface area contributed by atoms with Gasteiger partial charge in [0, 0.05) is 10.9 Å². The molecule has 0 aliphatic carbocycles. The first-order valence-corrected chi connectivity index (χ1v) is 10.7. The molecule has 4 aromatic rings.